The van der Waals surface area contributed by atoms with E-state index in [2.05, 4.69) is 48.8 Å². The van der Waals surface area contributed by atoms with Crippen LogP contribution in [0.4, 0.5) is 0 Å². The molecule has 4 heteroatoms. The number of amides is 2. The molecule has 24 heavy (non-hydrogen) atoms. The summed E-state index contributed by atoms with van der Waals surface area (Å²) in [5.74, 6) is 0.167. The fraction of sp³-hybridized carbons (Fsp3) is 0.700. The maximum Gasteiger partial charge on any atom is 0.220 e. The first-order valence-corrected chi connectivity index (χ1v) is 9.54. The maximum atomic E-state index is 11.6. The van der Waals surface area contributed by atoms with Crippen molar-refractivity contribution in [3.63, 3.8) is 0 Å². The van der Waals surface area contributed by atoms with Gasteiger partial charge in [0.15, 0.2) is 0 Å². The highest BCUT2D eigenvalue weighted by Crippen LogP contribution is 2.00. The Morgan fingerprint density at radius 2 is 1.04 bits per heavy atom. The third kappa shape index (κ3) is 16.8. The molecule has 0 aliphatic carbocycles. The van der Waals surface area contributed by atoms with Gasteiger partial charge in [0, 0.05) is 25.9 Å². The number of rotatable bonds is 15. The molecule has 0 saturated heterocycles. The predicted molar refractivity (Wildman–Crippen MR) is 102 cm³/mol. The fourth-order valence-corrected chi connectivity index (χ4v) is 2.14. The average Bonchev–Trinajstić information content (AvgIpc) is 2.58. The van der Waals surface area contributed by atoms with Crippen LogP contribution in [0, 0.1) is 0 Å². The van der Waals surface area contributed by atoms with E-state index < -0.39 is 0 Å². The van der Waals surface area contributed by atoms with Gasteiger partial charge >= 0.3 is 0 Å². The molecule has 0 radical (unpaired) electrons. The largest absolute Gasteiger partial charge is 0.356 e. The summed E-state index contributed by atoms with van der Waals surface area (Å²) in [4.78, 5) is 23.3. The van der Waals surface area contributed by atoms with Crippen molar-refractivity contribution in [2.24, 2.45) is 0 Å². The van der Waals surface area contributed by atoms with Gasteiger partial charge in [-0.25, -0.2) is 0 Å². The van der Waals surface area contributed by atoms with Crippen LogP contribution in [0.5, 0.6) is 0 Å². The third-order valence-corrected chi connectivity index (χ3v) is 3.57. The number of nitrogens with one attached hydrogen (secondary N) is 2. The van der Waals surface area contributed by atoms with Crippen molar-refractivity contribution in [2.75, 3.05) is 13.1 Å². The van der Waals surface area contributed by atoms with Crippen molar-refractivity contribution in [1.82, 2.24) is 10.6 Å². The predicted octanol–water partition coefficient (Wildman–Crippen LogP) is 4.27. The molecule has 0 aromatic carbocycles. The Balaban J connectivity index is 3.43. The van der Waals surface area contributed by atoms with Gasteiger partial charge in [-0.2, -0.15) is 0 Å². The summed E-state index contributed by atoms with van der Waals surface area (Å²) in [5.41, 5.74) is 0. The number of allylic oxidation sites excluding steroid dienone is 2. The van der Waals surface area contributed by atoms with E-state index in [0.717, 1.165) is 51.4 Å². The summed E-state index contributed by atoms with van der Waals surface area (Å²) < 4.78 is 0. The fourth-order valence-electron chi connectivity index (χ4n) is 2.14. The van der Waals surface area contributed by atoms with Crippen LogP contribution in [0.2, 0.25) is 0 Å². The zero-order valence-electron chi connectivity index (χ0n) is 15.6. The Labute approximate surface area is 148 Å². The van der Waals surface area contributed by atoms with Crippen LogP contribution in [0.1, 0.15) is 78.1 Å². The summed E-state index contributed by atoms with van der Waals surface area (Å²) in [5, 5.41) is 5.82. The molecule has 0 heterocycles. The normalized spacial score (nSPS) is 11.2. The molecule has 0 spiro atoms. The molecule has 0 bridgehead atoms. The van der Waals surface area contributed by atoms with Gasteiger partial charge in [-0.15, -0.1) is 0 Å². The van der Waals surface area contributed by atoms with Crippen LogP contribution in [0.25, 0.3) is 0 Å². The zero-order valence-corrected chi connectivity index (χ0v) is 15.6. The van der Waals surface area contributed by atoms with Gasteiger partial charge in [-0.05, 0) is 38.5 Å². The second-order valence-corrected chi connectivity index (χ2v) is 6.00. The SMILES string of the molecule is CCC/C=C/CCNC(=O)CCCCC(=O)NCC/C=C/CCC. The van der Waals surface area contributed by atoms with E-state index in [1.54, 1.807) is 0 Å². The minimum atomic E-state index is 0.0837. The molecular formula is C20H36N2O2. The Morgan fingerprint density at radius 1 is 0.667 bits per heavy atom. The quantitative estimate of drug-likeness (QED) is 0.346. The van der Waals surface area contributed by atoms with Gasteiger partial charge < -0.3 is 10.6 Å². The summed E-state index contributed by atoms with van der Waals surface area (Å²) in [6, 6.07) is 0. The lowest BCUT2D eigenvalue weighted by Gasteiger charge is -2.05. The molecule has 2 amide bonds. The first-order chi connectivity index (χ1) is 11.7. The van der Waals surface area contributed by atoms with Gasteiger partial charge in [0.2, 0.25) is 11.8 Å². The second kappa shape index (κ2) is 17.8. The van der Waals surface area contributed by atoms with Crippen LogP contribution in [0.3, 0.4) is 0 Å². The average molecular weight is 337 g/mol. The topological polar surface area (TPSA) is 58.2 Å². The molecule has 0 atom stereocenters. The standard InChI is InChI=1S/C20H36N2O2/c1-3-5-7-9-13-17-21-19(23)15-11-12-16-20(24)22-18-14-10-8-6-4-2/h7-10H,3-6,11-18H2,1-2H3,(H,21,23)(H,22,24)/b9-7+,10-8+. The molecule has 2 N–H and O–H groups in total. The first kappa shape index (κ1) is 22.4. The van der Waals surface area contributed by atoms with Crippen molar-refractivity contribution < 1.29 is 9.59 Å². The van der Waals surface area contributed by atoms with Crippen molar-refractivity contribution in [3.05, 3.63) is 24.3 Å². The monoisotopic (exact) mass is 336 g/mol. The Kier molecular flexibility index (Phi) is 16.6. The molecule has 0 aliphatic rings. The lowest BCUT2D eigenvalue weighted by Crippen LogP contribution is -2.25. The van der Waals surface area contributed by atoms with Crippen LogP contribution in [0.15, 0.2) is 24.3 Å². The van der Waals surface area contributed by atoms with Gasteiger partial charge in [0.05, 0.1) is 0 Å². The summed E-state index contributed by atoms with van der Waals surface area (Å²) in [7, 11) is 0. The molecule has 0 aromatic rings. The molecule has 4 nitrogen and oxygen atoms in total. The molecule has 138 valence electrons. The number of hydrogen-bond donors (Lipinski definition) is 2. The second-order valence-electron chi connectivity index (χ2n) is 6.00. The first-order valence-electron chi connectivity index (χ1n) is 9.54. The molecule has 0 saturated carbocycles. The molecule has 0 rings (SSSR count). The van der Waals surface area contributed by atoms with Gasteiger partial charge in [-0.3, -0.25) is 9.59 Å². The maximum absolute atomic E-state index is 11.6. The highest BCUT2D eigenvalue weighted by molar-refractivity contribution is 5.77. The molecule has 0 aliphatic heterocycles. The highest BCUT2D eigenvalue weighted by atomic mass is 16.2. The number of hydrogen-bond acceptors (Lipinski definition) is 2. The summed E-state index contributed by atoms with van der Waals surface area (Å²) in [6.07, 6.45) is 17.4. The zero-order chi connectivity index (χ0) is 17.9. The van der Waals surface area contributed by atoms with E-state index in [1.807, 2.05) is 0 Å². The minimum Gasteiger partial charge on any atom is -0.356 e. The van der Waals surface area contributed by atoms with Crippen molar-refractivity contribution in [1.29, 1.82) is 0 Å². The van der Waals surface area contributed by atoms with Crippen LogP contribution in [-0.2, 0) is 9.59 Å². The summed E-state index contributed by atoms with van der Waals surface area (Å²) >= 11 is 0. The van der Waals surface area contributed by atoms with Crippen LogP contribution in [-0.4, -0.2) is 24.9 Å². The van der Waals surface area contributed by atoms with Crippen LogP contribution < -0.4 is 10.6 Å². The molecule has 0 fully saturated rings. The van der Waals surface area contributed by atoms with Gasteiger partial charge in [-0.1, -0.05) is 51.0 Å². The molecule has 0 unspecified atom stereocenters. The smallest absolute Gasteiger partial charge is 0.220 e. The van der Waals surface area contributed by atoms with E-state index in [4.69, 9.17) is 0 Å². The lowest BCUT2D eigenvalue weighted by molar-refractivity contribution is -0.123. The van der Waals surface area contributed by atoms with E-state index in [9.17, 15) is 9.59 Å². The van der Waals surface area contributed by atoms with Crippen molar-refractivity contribution in [2.45, 2.75) is 78.1 Å². The minimum absolute atomic E-state index is 0.0837. The number of unbranched alkanes of at least 4 members (excludes halogenated alkanes) is 3. The Bertz CT molecular complexity index is 340. The van der Waals surface area contributed by atoms with E-state index >= 15 is 0 Å². The Hall–Kier alpha value is -1.58. The number of carbonyl (C=O) groups excluding carboxylic acids is 2. The van der Waals surface area contributed by atoms with Crippen molar-refractivity contribution >= 4 is 11.8 Å². The van der Waals surface area contributed by atoms with Gasteiger partial charge in [0.25, 0.3) is 0 Å². The third-order valence-electron chi connectivity index (χ3n) is 3.57. The molecular weight excluding hydrogens is 300 g/mol. The van der Waals surface area contributed by atoms with Crippen molar-refractivity contribution in [3.8, 4) is 0 Å². The molecule has 0 aromatic heterocycles. The lowest BCUT2D eigenvalue weighted by atomic mass is 10.1. The van der Waals surface area contributed by atoms with E-state index in [0.29, 0.717) is 25.9 Å². The van der Waals surface area contributed by atoms with Gasteiger partial charge in [0.1, 0.15) is 0 Å². The Morgan fingerprint density at radius 3 is 1.42 bits per heavy atom. The number of carbonyl (C=O) groups is 2. The highest BCUT2D eigenvalue weighted by Gasteiger charge is 2.03. The van der Waals surface area contributed by atoms with Crippen LogP contribution >= 0.6 is 0 Å². The van der Waals surface area contributed by atoms with E-state index in [1.165, 1.54) is 0 Å². The summed E-state index contributed by atoms with van der Waals surface area (Å²) in [6.45, 7) is 5.70. The van der Waals surface area contributed by atoms with E-state index in [-0.39, 0.29) is 11.8 Å².